The highest BCUT2D eigenvalue weighted by molar-refractivity contribution is 8.00. The number of anilines is 1. The van der Waals surface area contributed by atoms with Crippen LogP contribution in [0.1, 0.15) is 66.8 Å². The van der Waals surface area contributed by atoms with Crippen molar-refractivity contribution in [3.63, 3.8) is 0 Å². The molecule has 39 heavy (non-hydrogen) atoms. The summed E-state index contributed by atoms with van der Waals surface area (Å²) in [6.45, 7) is 10.7. The third-order valence-corrected chi connectivity index (χ3v) is 8.80. The Labute approximate surface area is 233 Å². The van der Waals surface area contributed by atoms with Crippen molar-refractivity contribution in [1.29, 1.82) is 0 Å². The molecule has 1 aromatic heterocycles. The van der Waals surface area contributed by atoms with Crippen LogP contribution in [0.5, 0.6) is 11.5 Å². The summed E-state index contributed by atoms with van der Waals surface area (Å²) >= 11 is 1.56. The molecule has 0 saturated heterocycles. The number of nitrogens with one attached hydrogen (secondary N) is 1. The van der Waals surface area contributed by atoms with Gasteiger partial charge in [0.15, 0.2) is 11.5 Å². The molecular weight excluding hydrogens is 512 g/mol. The van der Waals surface area contributed by atoms with Gasteiger partial charge in [0, 0.05) is 17.0 Å². The lowest BCUT2D eigenvalue weighted by atomic mass is 9.87. The molecule has 1 atom stereocenters. The molecule has 2 amide bonds. The van der Waals surface area contributed by atoms with Crippen molar-refractivity contribution in [3.8, 4) is 17.2 Å². The van der Waals surface area contributed by atoms with Gasteiger partial charge in [-0.1, -0.05) is 39.0 Å². The molecule has 6 rings (SSSR count). The van der Waals surface area contributed by atoms with Crippen LogP contribution in [-0.2, 0) is 15.0 Å². The fourth-order valence-corrected chi connectivity index (χ4v) is 6.38. The average Bonchev–Trinajstić information content (AvgIpc) is 3.45. The largest absolute Gasteiger partial charge is 0.454 e. The number of hydrogen-bond acceptors (Lipinski definition) is 6. The Morgan fingerprint density at radius 3 is 2.64 bits per heavy atom. The molecular formula is C30H34N4O4S. The van der Waals surface area contributed by atoms with Crippen LogP contribution in [0.3, 0.4) is 0 Å². The first-order valence-corrected chi connectivity index (χ1v) is 14.5. The van der Waals surface area contributed by atoms with E-state index in [1.165, 1.54) is 0 Å². The van der Waals surface area contributed by atoms with Crippen molar-refractivity contribution in [3.05, 3.63) is 64.3 Å². The van der Waals surface area contributed by atoms with Crippen LogP contribution in [0.15, 0.2) is 36.4 Å². The normalized spacial score (nSPS) is 18.6. The van der Waals surface area contributed by atoms with Crippen LogP contribution >= 0.6 is 11.8 Å². The molecule has 1 aliphatic carbocycles. The van der Waals surface area contributed by atoms with Gasteiger partial charge < -0.3 is 14.8 Å². The SMILES string of the molecule is Cc1cccc(-n2nc(C(C)(C)C)c3c2N(CC(=O)NC2CC2)C(=O)CSC3c2ccc3c(c2)OCO3)c1C. The number of amides is 2. The summed E-state index contributed by atoms with van der Waals surface area (Å²) < 4.78 is 13.2. The second kappa shape index (κ2) is 9.62. The van der Waals surface area contributed by atoms with Crippen LogP contribution in [0.4, 0.5) is 5.82 Å². The van der Waals surface area contributed by atoms with Gasteiger partial charge in [-0.25, -0.2) is 4.68 Å². The summed E-state index contributed by atoms with van der Waals surface area (Å²) in [4.78, 5) is 28.6. The van der Waals surface area contributed by atoms with E-state index in [2.05, 4.69) is 46.0 Å². The molecule has 3 aliphatic rings. The summed E-state index contributed by atoms with van der Waals surface area (Å²) in [7, 11) is 0. The molecule has 204 valence electrons. The zero-order valence-electron chi connectivity index (χ0n) is 23.0. The Morgan fingerprint density at radius 2 is 1.90 bits per heavy atom. The number of ether oxygens (including phenoxy) is 2. The minimum atomic E-state index is -0.322. The third-order valence-electron chi connectivity index (χ3n) is 7.55. The molecule has 0 spiro atoms. The number of carbonyl (C=O) groups excluding carboxylic acids is 2. The van der Waals surface area contributed by atoms with E-state index in [0.29, 0.717) is 17.3 Å². The molecule has 0 bridgehead atoms. The molecule has 2 aliphatic heterocycles. The van der Waals surface area contributed by atoms with Gasteiger partial charge in [0.25, 0.3) is 0 Å². The standard InChI is InChI=1S/C30H34N4O4S/c1-17-7-6-8-21(18(17)2)34-29-26(28(32-34)30(3,4)5)27(19-9-12-22-23(13-19)38-16-37-22)39-15-25(36)33(29)14-24(35)31-20-10-11-20/h6-9,12-13,20,27H,10-11,14-16H2,1-5H3,(H,31,35). The van der Waals surface area contributed by atoms with E-state index in [1.54, 1.807) is 16.7 Å². The van der Waals surface area contributed by atoms with Crippen LogP contribution in [-0.4, -0.2) is 46.7 Å². The third kappa shape index (κ3) is 4.77. The Bertz CT molecular complexity index is 1470. The summed E-state index contributed by atoms with van der Waals surface area (Å²) in [6, 6.07) is 12.3. The van der Waals surface area contributed by atoms with Crippen LogP contribution in [0.2, 0.25) is 0 Å². The maximum absolute atomic E-state index is 13.8. The average molecular weight is 547 g/mol. The van der Waals surface area contributed by atoms with Crippen LogP contribution < -0.4 is 19.7 Å². The van der Waals surface area contributed by atoms with Crippen molar-refractivity contribution in [2.75, 3.05) is 24.0 Å². The highest BCUT2D eigenvalue weighted by Crippen LogP contribution is 2.50. The Balaban J connectivity index is 1.59. The predicted octanol–water partition coefficient (Wildman–Crippen LogP) is 4.96. The Kier molecular flexibility index (Phi) is 6.37. The van der Waals surface area contributed by atoms with Gasteiger partial charge in [0.1, 0.15) is 12.4 Å². The highest BCUT2D eigenvalue weighted by Gasteiger charge is 2.41. The lowest BCUT2D eigenvalue weighted by Gasteiger charge is -2.25. The summed E-state index contributed by atoms with van der Waals surface area (Å²) in [5, 5.41) is 8.08. The molecule has 1 saturated carbocycles. The maximum atomic E-state index is 13.8. The molecule has 1 N–H and O–H groups in total. The smallest absolute Gasteiger partial charge is 0.240 e. The molecule has 3 heterocycles. The van der Waals surface area contributed by atoms with Crippen molar-refractivity contribution < 1.29 is 19.1 Å². The Hall–Kier alpha value is -3.46. The number of fused-ring (bicyclic) bond motifs is 2. The first-order valence-electron chi connectivity index (χ1n) is 13.4. The second-order valence-electron chi connectivity index (χ2n) is 11.6. The quantitative estimate of drug-likeness (QED) is 0.487. The van der Waals surface area contributed by atoms with E-state index in [0.717, 1.165) is 46.5 Å². The van der Waals surface area contributed by atoms with Gasteiger partial charge in [-0.2, -0.15) is 5.10 Å². The van der Waals surface area contributed by atoms with Crippen LogP contribution in [0.25, 0.3) is 5.69 Å². The minimum Gasteiger partial charge on any atom is -0.454 e. The van der Waals surface area contributed by atoms with Crippen molar-refractivity contribution in [1.82, 2.24) is 15.1 Å². The zero-order valence-corrected chi connectivity index (χ0v) is 23.9. The van der Waals surface area contributed by atoms with Crippen molar-refractivity contribution in [2.24, 2.45) is 0 Å². The zero-order chi connectivity index (χ0) is 27.5. The van der Waals surface area contributed by atoms with Gasteiger partial charge >= 0.3 is 0 Å². The second-order valence-corrected chi connectivity index (χ2v) is 12.7. The number of rotatable bonds is 5. The van der Waals surface area contributed by atoms with Crippen molar-refractivity contribution in [2.45, 2.75) is 64.2 Å². The van der Waals surface area contributed by atoms with E-state index in [4.69, 9.17) is 14.6 Å². The number of aryl methyl sites for hydroxylation is 1. The number of hydrogen-bond donors (Lipinski definition) is 1. The van der Waals surface area contributed by atoms with Gasteiger partial charge in [0.2, 0.25) is 18.6 Å². The minimum absolute atomic E-state index is 0.0448. The molecule has 9 heteroatoms. The maximum Gasteiger partial charge on any atom is 0.240 e. The van der Waals surface area contributed by atoms with Crippen molar-refractivity contribution >= 4 is 29.4 Å². The molecule has 0 radical (unpaired) electrons. The number of aromatic nitrogens is 2. The summed E-state index contributed by atoms with van der Waals surface area (Å²) in [5.74, 6) is 2.06. The Morgan fingerprint density at radius 1 is 1.13 bits per heavy atom. The lowest BCUT2D eigenvalue weighted by molar-refractivity contribution is -0.123. The number of thioether (sulfide) groups is 1. The van der Waals surface area contributed by atoms with E-state index in [9.17, 15) is 9.59 Å². The lowest BCUT2D eigenvalue weighted by Crippen LogP contribution is -2.43. The first kappa shape index (κ1) is 25.8. The van der Waals surface area contributed by atoms with E-state index >= 15 is 0 Å². The van der Waals surface area contributed by atoms with E-state index in [-0.39, 0.29) is 47.6 Å². The molecule has 8 nitrogen and oxygen atoms in total. The summed E-state index contributed by atoms with van der Waals surface area (Å²) in [5.41, 5.74) is 5.65. The van der Waals surface area contributed by atoms with Gasteiger partial charge in [-0.15, -0.1) is 11.8 Å². The molecule has 1 unspecified atom stereocenters. The van der Waals surface area contributed by atoms with Gasteiger partial charge in [-0.3, -0.25) is 14.5 Å². The van der Waals surface area contributed by atoms with E-state index in [1.807, 2.05) is 35.0 Å². The van der Waals surface area contributed by atoms with Gasteiger partial charge in [0.05, 0.1) is 22.4 Å². The highest BCUT2D eigenvalue weighted by atomic mass is 32.2. The number of benzene rings is 2. The molecule has 1 fully saturated rings. The van der Waals surface area contributed by atoms with Gasteiger partial charge in [-0.05, 0) is 61.6 Å². The molecule has 3 aromatic rings. The number of carbonyl (C=O) groups is 2. The fraction of sp³-hybridized carbons (Fsp3) is 0.433. The number of nitrogens with zero attached hydrogens (tertiary/aromatic N) is 3. The fourth-order valence-electron chi connectivity index (χ4n) is 5.19. The molecule has 2 aromatic carbocycles. The van der Waals surface area contributed by atoms with E-state index < -0.39 is 0 Å². The topological polar surface area (TPSA) is 85.7 Å². The summed E-state index contributed by atoms with van der Waals surface area (Å²) in [6.07, 6.45) is 1.98. The predicted molar refractivity (Wildman–Crippen MR) is 152 cm³/mol. The van der Waals surface area contributed by atoms with Crippen LogP contribution in [0, 0.1) is 13.8 Å². The monoisotopic (exact) mass is 546 g/mol. The first-order chi connectivity index (χ1) is 18.6.